The molecule has 72 valence electrons. The smallest absolute Gasteiger partial charge is 0.0944 e. The minimum absolute atomic E-state index is 0.0196. The van der Waals surface area contributed by atoms with Crippen LogP contribution in [0.1, 0.15) is 6.92 Å². The molecule has 0 aliphatic carbocycles. The number of aliphatic hydroxyl groups excluding tert-OH is 1. The molecule has 1 fully saturated rings. The summed E-state index contributed by atoms with van der Waals surface area (Å²) >= 11 is 0. The predicted octanol–water partition coefficient (Wildman–Crippen LogP) is -0.637. The zero-order chi connectivity index (χ0) is 8.97. The summed E-state index contributed by atoms with van der Waals surface area (Å²) in [7, 11) is -0.950. The standard InChI is InChI=1S/C7H15NO3S/c1-2-12(10)8-3-4-11-6-7(8)5-9/h7,9H,2-6H2,1H3. The molecule has 0 bridgehead atoms. The summed E-state index contributed by atoms with van der Waals surface area (Å²) in [6.07, 6.45) is 0. The minimum atomic E-state index is -0.950. The third kappa shape index (κ3) is 2.26. The van der Waals surface area contributed by atoms with Gasteiger partial charge in [0.25, 0.3) is 0 Å². The molecular weight excluding hydrogens is 178 g/mol. The topological polar surface area (TPSA) is 49.8 Å². The van der Waals surface area contributed by atoms with Crippen LogP contribution in [0.4, 0.5) is 0 Å². The molecule has 0 aromatic rings. The Morgan fingerprint density at radius 1 is 1.75 bits per heavy atom. The largest absolute Gasteiger partial charge is 0.395 e. The third-order valence-corrected chi connectivity index (χ3v) is 3.39. The van der Waals surface area contributed by atoms with Gasteiger partial charge in [0.15, 0.2) is 0 Å². The fraction of sp³-hybridized carbons (Fsp3) is 1.00. The van der Waals surface area contributed by atoms with Crippen LogP contribution >= 0.6 is 0 Å². The first-order chi connectivity index (χ1) is 5.79. The lowest BCUT2D eigenvalue weighted by molar-refractivity contribution is 0.0132. The van der Waals surface area contributed by atoms with E-state index in [-0.39, 0.29) is 12.6 Å². The number of ether oxygens (including phenoxy) is 1. The van der Waals surface area contributed by atoms with Crippen molar-refractivity contribution in [3.05, 3.63) is 0 Å². The number of morpholine rings is 1. The molecule has 0 aromatic heterocycles. The van der Waals surface area contributed by atoms with E-state index < -0.39 is 11.0 Å². The Balaban J connectivity index is 2.52. The second kappa shape index (κ2) is 4.91. The molecule has 1 saturated heterocycles. The number of nitrogens with zero attached hydrogens (tertiary/aromatic N) is 1. The molecule has 0 spiro atoms. The first-order valence-corrected chi connectivity index (χ1v) is 5.41. The van der Waals surface area contributed by atoms with Crippen LogP contribution in [0.2, 0.25) is 0 Å². The van der Waals surface area contributed by atoms with Gasteiger partial charge in [0.05, 0.1) is 36.8 Å². The highest BCUT2D eigenvalue weighted by Crippen LogP contribution is 2.08. The van der Waals surface area contributed by atoms with E-state index in [1.807, 2.05) is 11.2 Å². The van der Waals surface area contributed by atoms with Crippen LogP contribution in [-0.4, -0.2) is 51.8 Å². The van der Waals surface area contributed by atoms with Gasteiger partial charge in [0.2, 0.25) is 0 Å². The Labute approximate surface area is 75.1 Å². The Kier molecular flexibility index (Phi) is 4.14. The lowest BCUT2D eigenvalue weighted by Gasteiger charge is -2.32. The number of rotatable bonds is 3. The maximum Gasteiger partial charge on any atom is 0.0944 e. The summed E-state index contributed by atoms with van der Waals surface area (Å²) in [6.45, 7) is 3.65. The fourth-order valence-corrected chi connectivity index (χ4v) is 2.29. The molecular formula is C7H15NO3S. The second-order valence-electron chi connectivity index (χ2n) is 2.66. The van der Waals surface area contributed by atoms with Gasteiger partial charge in [-0.15, -0.1) is 0 Å². The van der Waals surface area contributed by atoms with Crippen LogP contribution < -0.4 is 0 Å². The van der Waals surface area contributed by atoms with Gasteiger partial charge < -0.3 is 9.84 Å². The van der Waals surface area contributed by atoms with E-state index >= 15 is 0 Å². The van der Waals surface area contributed by atoms with Gasteiger partial charge in [-0.1, -0.05) is 6.92 Å². The zero-order valence-electron chi connectivity index (χ0n) is 7.23. The second-order valence-corrected chi connectivity index (χ2v) is 4.35. The summed E-state index contributed by atoms with van der Waals surface area (Å²) in [5.41, 5.74) is 0. The van der Waals surface area contributed by atoms with Crippen LogP contribution in [0.3, 0.4) is 0 Å². The molecule has 0 amide bonds. The van der Waals surface area contributed by atoms with Crippen molar-refractivity contribution in [1.82, 2.24) is 4.31 Å². The predicted molar refractivity (Wildman–Crippen MR) is 47.1 cm³/mol. The van der Waals surface area contributed by atoms with Crippen LogP contribution in [-0.2, 0) is 15.7 Å². The Bertz CT molecular complexity index is 165. The van der Waals surface area contributed by atoms with E-state index in [1.54, 1.807) is 0 Å². The van der Waals surface area contributed by atoms with Gasteiger partial charge in [-0.25, -0.2) is 8.51 Å². The highest BCUT2D eigenvalue weighted by Gasteiger charge is 2.25. The molecule has 12 heavy (non-hydrogen) atoms. The van der Waals surface area contributed by atoms with Crippen molar-refractivity contribution in [3.63, 3.8) is 0 Å². The Hall–Kier alpha value is 0.0300. The van der Waals surface area contributed by atoms with Crippen molar-refractivity contribution in [1.29, 1.82) is 0 Å². The number of hydrogen-bond donors (Lipinski definition) is 1. The van der Waals surface area contributed by atoms with Crippen LogP contribution in [0.5, 0.6) is 0 Å². The average molecular weight is 193 g/mol. The zero-order valence-corrected chi connectivity index (χ0v) is 8.05. The molecule has 0 radical (unpaired) electrons. The highest BCUT2D eigenvalue weighted by molar-refractivity contribution is 7.82. The normalized spacial score (nSPS) is 28.7. The third-order valence-electron chi connectivity index (χ3n) is 1.89. The van der Waals surface area contributed by atoms with Crippen LogP contribution in [0.15, 0.2) is 0 Å². The summed E-state index contributed by atoms with van der Waals surface area (Å²) in [5, 5.41) is 8.95. The fourth-order valence-electron chi connectivity index (χ4n) is 1.22. The van der Waals surface area contributed by atoms with E-state index in [2.05, 4.69) is 0 Å². The summed E-state index contributed by atoms with van der Waals surface area (Å²) in [4.78, 5) is 0. The monoisotopic (exact) mass is 193 g/mol. The molecule has 1 aliphatic heterocycles. The highest BCUT2D eigenvalue weighted by atomic mass is 32.2. The summed E-state index contributed by atoms with van der Waals surface area (Å²) < 4.78 is 18.4. The SMILES string of the molecule is CCS(=O)N1CCOCC1CO. The first-order valence-electron chi connectivity index (χ1n) is 4.13. The van der Waals surface area contributed by atoms with Crippen molar-refractivity contribution in [2.75, 3.05) is 32.1 Å². The van der Waals surface area contributed by atoms with Gasteiger partial charge in [0, 0.05) is 12.3 Å². The van der Waals surface area contributed by atoms with E-state index in [0.29, 0.717) is 25.5 Å². The summed E-state index contributed by atoms with van der Waals surface area (Å²) in [5.74, 6) is 0.608. The van der Waals surface area contributed by atoms with E-state index in [0.717, 1.165) is 0 Å². The summed E-state index contributed by atoms with van der Waals surface area (Å²) in [6, 6.07) is -0.0838. The molecule has 4 nitrogen and oxygen atoms in total. The van der Waals surface area contributed by atoms with Crippen LogP contribution in [0.25, 0.3) is 0 Å². The van der Waals surface area contributed by atoms with Crippen molar-refractivity contribution in [2.45, 2.75) is 13.0 Å². The molecule has 1 aliphatic rings. The molecule has 2 unspecified atom stereocenters. The average Bonchev–Trinajstić information content (AvgIpc) is 2.16. The maximum absolute atomic E-state index is 11.4. The van der Waals surface area contributed by atoms with E-state index in [9.17, 15) is 4.21 Å². The molecule has 2 atom stereocenters. The van der Waals surface area contributed by atoms with E-state index in [1.165, 1.54) is 0 Å². The van der Waals surface area contributed by atoms with Gasteiger partial charge >= 0.3 is 0 Å². The lowest BCUT2D eigenvalue weighted by atomic mass is 10.3. The number of aliphatic hydroxyl groups is 1. The maximum atomic E-state index is 11.4. The Morgan fingerprint density at radius 3 is 3.08 bits per heavy atom. The molecule has 0 saturated carbocycles. The van der Waals surface area contributed by atoms with Gasteiger partial charge in [-0.3, -0.25) is 0 Å². The molecule has 1 N–H and O–H groups in total. The quantitative estimate of drug-likeness (QED) is 0.649. The number of hydrogen-bond acceptors (Lipinski definition) is 3. The van der Waals surface area contributed by atoms with Crippen molar-refractivity contribution in [3.8, 4) is 0 Å². The van der Waals surface area contributed by atoms with Gasteiger partial charge in [-0.05, 0) is 0 Å². The van der Waals surface area contributed by atoms with Gasteiger partial charge in [-0.2, -0.15) is 0 Å². The van der Waals surface area contributed by atoms with Crippen molar-refractivity contribution >= 4 is 11.0 Å². The lowest BCUT2D eigenvalue weighted by Crippen LogP contribution is -2.48. The molecule has 5 heteroatoms. The van der Waals surface area contributed by atoms with Crippen LogP contribution in [0, 0.1) is 0 Å². The molecule has 0 aromatic carbocycles. The first kappa shape index (κ1) is 10.1. The van der Waals surface area contributed by atoms with Gasteiger partial charge in [0.1, 0.15) is 0 Å². The molecule has 1 rings (SSSR count). The minimum Gasteiger partial charge on any atom is -0.395 e. The Morgan fingerprint density at radius 2 is 2.50 bits per heavy atom. The van der Waals surface area contributed by atoms with Crippen molar-refractivity contribution < 1.29 is 14.1 Å². The van der Waals surface area contributed by atoms with E-state index in [4.69, 9.17) is 9.84 Å². The molecule has 1 heterocycles. The van der Waals surface area contributed by atoms with Crippen molar-refractivity contribution in [2.24, 2.45) is 0 Å².